The number of benzene rings is 2. The van der Waals surface area contributed by atoms with Crippen LogP contribution in [0.15, 0.2) is 42.5 Å². The molecule has 8 nitrogen and oxygen atoms in total. The molecule has 0 heterocycles. The zero-order valence-electron chi connectivity index (χ0n) is 16.4. The quantitative estimate of drug-likeness (QED) is 0.378. The first-order valence-corrected chi connectivity index (χ1v) is 9.38. The highest BCUT2D eigenvalue weighted by Gasteiger charge is 2.14. The van der Waals surface area contributed by atoms with Crippen molar-refractivity contribution in [1.82, 2.24) is 5.32 Å². The zero-order chi connectivity index (χ0) is 21.4. The van der Waals surface area contributed by atoms with E-state index < -0.39 is 10.8 Å². The van der Waals surface area contributed by atoms with Gasteiger partial charge >= 0.3 is 0 Å². The molecule has 0 aliphatic heterocycles. The highest BCUT2D eigenvalue weighted by Crippen LogP contribution is 2.28. The van der Waals surface area contributed by atoms with Crippen LogP contribution in [0.25, 0.3) is 0 Å². The van der Waals surface area contributed by atoms with Gasteiger partial charge in [-0.2, -0.15) is 0 Å². The molecule has 0 saturated heterocycles. The smallest absolute Gasteiger partial charge is 0.271 e. The highest BCUT2D eigenvalue weighted by molar-refractivity contribution is 7.80. The Kier molecular flexibility index (Phi) is 7.90. The lowest BCUT2D eigenvalue weighted by Crippen LogP contribution is -2.34. The van der Waals surface area contributed by atoms with Gasteiger partial charge in [0.1, 0.15) is 11.5 Å². The number of rotatable bonds is 8. The highest BCUT2D eigenvalue weighted by atomic mass is 32.1. The van der Waals surface area contributed by atoms with Crippen molar-refractivity contribution in [1.29, 1.82) is 0 Å². The molecule has 0 aliphatic rings. The van der Waals surface area contributed by atoms with Gasteiger partial charge < -0.3 is 14.8 Å². The van der Waals surface area contributed by atoms with Gasteiger partial charge in [-0.25, -0.2) is 0 Å². The molecular weight excluding hydrogens is 394 g/mol. The van der Waals surface area contributed by atoms with E-state index in [2.05, 4.69) is 24.5 Å². The number of non-ortho nitro benzene ring substituents is 1. The molecule has 29 heavy (non-hydrogen) atoms. The van der Waals surface area contributed by atoms with Crippen LogP contribution < -0.4 is 20.1 Å². The molecule has 0 radical (unpaired) electrons. The van der Waals surface area contributed by atoms with E-state index in [1.54, 1.807) is 24.3 Å². The summed E-state index contributed by atoms with van der Waals surface area (Å²) in [6.45, 7) is 4.78. The Bertz CT molecular complexity index is 901. The third-order valence-electron chi connectivity index (χ3n) is 3.93. The number of methoxy groups -OCH3 is 1. The average Bonchev–Trinajstić information content (AvgIpc) is 2.67. The van der Waals surface area contributed by atoms with Crippen molar-refractivity contribution in [3.8, 4) is 11.5 Å². The summed E-state index contributed by atoms with van der Waals surface area (Å²) in [5.74, 6) is 1.04. The van der Waals surface area contributed by atoms with E-state index in [4.69, 9.17) is 21.7 Å². The number of amides is 1. The minimum atomic E-state index is -0.531. The maximum atomic E-state index is 12.5. The minimum absolute atomic E-state index is 0.0140. The number of hydrogen-bond acceptors (Lipinski definition) is 6. The van der Waals surface area contributed by atoms with E-state index in [-0.39, 0.29) is 16.5 Å². The molecule has 0 saturated carbocycles. The van der Waals surface area contributed by atoms with E-state index in [9.17, 15) is 14.9 Å². The summed E-state index contributed by atoms with van der Waals surface area (Å²) in [6.07, 6.45) is 0.912. The van der Waals surface area contributed by atoms with Crippen LogP contribution >= 0.6 is 12.2 Å². The van der Waals surface area contributed by atoms with Crippen LogP contribution in [0.3, 0.4) is 0 Å². The maximum absolute atomic E-state index is 12.5. The van der Waals surface area contributed by atoms with Crippen molar-refractivity contribution >= 4 is 34.6 Å². The summed E-state index contributed by atoms with van der Waals surface area (Å²) in [6, 6.07) is 10.8. The van der Waals surface area contributed by atoms with E-state index in [1.165, 1.54) is 25.3 Å². The SMILES string of the molecule is COc1ccc([N+](=O)[O-])cc1NC(=S)NC(=O)c1cccc(OCCC(C)C)c1. The van der Waals surface area contributed by atoms with Gasteiger partial charge in [0, 0.05) is 17.7 Å². The molecule has 2 N–H and O–H groups in total. The van der Waals surface area contributed by atoms with Gasteiger partial charge in [0.15, 0.2) is 5.11 Å². The molecule has 0 unspecified atom stereocenters. The molecular formula is C20H23N3O5S. The molecule has 2 rings (SSSR count). The standard InChI is InChI=1S/C20H23N3O5S/c1-13(2)9-10-28-16-6-4-5-14(11-16)19(24)22-20(29)21-17-12-15(23(25)26)7-8-18(17)27-3/h4-8,11-13H,9-10H2,1-3H3,(H2,21,22,24,29). The Labute approximate surface area is 174 Å². The molecule has 1 amide bonds. The third-order valence-corrected chi connectivity index (χ3v) is 4.13. The van der Waals surface area contributed by atoms with Crippen molar-refractivity contribution < 1.29 is 19.2 Å². The Morgan fingerprint density at radius 1 is 1.24 bits per heavy atom. The second-order valence-corrected chi connectivity index (χ2v) is 7.02. The number of anilines is 1. The van der Waals surface area contributed by atoms with Crippen molar-refractivity contribution in [3.05, 3.63) is 58.1 Å². The number of thiocarbonyl (C=S) groups is 1. The second kappa shape index (κ2) is 10.4. The lowest BCUT2D eigenvalue weighted by Gasteiger charge is -2.13. The summed E-state index contributed by atoms with van der Waals surface area (Å²) in [4.78, 5) is 22.9. The first-order chi connectivity index (χ1) is 13.8. The lowest BCUT2D eigenvalue weighted by molar-refractivity contribution is -0.384. The fourth-order valence-electron chi connectivity index (χ4n) is 2.38. The Morgan fingerprint density at radius 2 is 2.00 bits per heavy atom. The molecule has 0 fully saturated rings. The largest absolute Gasteiger partial charge is 0.495 e. The third kappa shape index (κ3) is 6.72. The van der Waals surface area contributed by atoms with Crippen LogP contribution in [0.5, 0.6) is 11.5 Å². The molecule has 2 aromatic carbocycles. The van der Waals surface area contributed by atoms with Gasteiger partial charge in [-0.3, -0.25) is 20.2 Å². The van der Waals surface area contributed by atoms with Crippen LogP contribution in [-0.2, 0) is 0 Å². The zero-order valence-corrected chi connectivity index (χ0v) is 17.2. The number of nitro groups is 1. The summed E-state index contributed by atoms with van der Waals surface area (Å²) in [7, 11) is 1.43. The van der Waals surface area contributed by atoms with Gasteiger partial charge in [-0.1, -0.05) is 19.9 Å². The van der Waals surface area contributed by atoms with Crippen LogP contribution in [0.1, 0.15) is 30.6 Å². The van der Waals surface area contributed by atoms with Gasteiger partial charge in [0.2, 0.25) is 0 Å². The van der Waals surface area contributed by atoms with Gasteiger partial charge in [0.05, 0.1) is 24.3 Å². The average molecular weight is 417 g/mol. The first-order valence-electron chi connectivity index (χ1n) is 8.97. The summed E-state index contributed by atoms with van der Waals surface area (Å²) < 4.78 is 10.8. The fraction of sp³-hybridized carbons (Fsp3) is 0.300. The monoisotopic (exact) mass is 417 g/mol. The Morgan fingerprint density at radius 3 is 2.66 bits per heavy atom. The van der Waals surface area contributed by atoms with Crippen molar-refractivity contribution in [2.75, 3.05) is 19.0 Å². The molecule has 2 aromatic rings. The summed E-state index contributed by atoms with van der Waals surface area (Å²) >= 11 is 5.16. The van der Waals surface area contributed by atoms with E-state index >= 15 is 0 Å². The summed E-state index contributed by atoms with van der Waals surface area (Å²) in [5.41, 5.74) is 0.522. The molecule has 0 atom stereocenters. The molecule has 0 bridgehead atoms. The maximum Gasteiger partial charge on any atom is 0.271 e. The molecule has 154 valence electrons. The second-order valence-electron chi connectivity index (χ2n) is 6.61. The predicted molar refractivity (Wildman–Crippen MR) is 115 cm³/mol. The van der Waals surface area contributed by atoms with Crippen LogP contribution in [-0.4, -0.2) is 29.7 Å². The van der Waals surface area contributed by atoms with E-state index in [0.29, 0.717) is 29.6 Å². The van der Waals surface area contributed by atoms with Crippen molar-refractivity contribution in [3.63, 3.8) is 0 Å². The van der Waals surface area contributed by atoms with E-state index in [1.807, 2.05) is 0 Å². The number of ether oxygens (including phenoxy) is 2. The Hall–Kier alpha value is -3.20. The summed E-state index contributed by atoms with van der Waals surface area (Å²) in [5, 5.41) is 16.3. The normalized spacial score (nSPS) is 10.3. The molecule has 0 aliphatic carbocycles. The number of nitro benzene ring substituents is 1. The predicted octanol–water partition coefficient (Wildman–Crippen LogP) is 4.16. The van der Waals surface area contributed by atoms with Crippen LogP contribution in [0.2, 0.25) is 0 Å². The van der Waals surface area contributed by atoms with Crippen molar-refractivity contribution in [2.24, 2.45) is 5.92 Å². The van der Waals surface area contributed by atoms with E-state index in [0.717, 1.165) is 6.42 Å². The number of carbonyl (C=O) groups excluding carboxylic acids is 1. The fourth-order valence-corrected chi connectivity index (χ4v) is 2.58. The van der Waals surface area contributed by atoms with Crippen LogP contribution in [0, 0.1) is 16.0 Å². The molecule has 0 aromatic heterocycles. The number of nitrogens with zero attached hydrogens (tertiary/aromatic N) is 1. The number of carbonyl (C=O) groups is 1. The molecule has 0 spiro atoms. The van der Waals surface area contributed by atoms with Gasteiger partial charge in [0.25, 0.3) is 11.6 Å². The van der Waals surface area contributed by atoms with Crippen molar-refractivity contribution in [2.45, 2.75) is 20.3 Å². The van der Waals surface area contributed by atoms with Gasteiger partial charge in [-0.05, 0) is 48.8 Å². The lowest BCUT2D eigenvalue weighted by atomic mass is 10.1. The van der Waals surface area contributed by atoms with Gasteiger partial charge in [-0.15, -0.1) is 0 Å². The first kappa shape index (κ1) is 22.1. The minimum Gasteiger partial charge on any atom is -0.495 e. The Balaban J connectivity index is 2.03. The number of nitrogens with one attached hydrogen (secondary N) is 2. The topological polar surface area (TPSA) is 103 Å². The number of hydrogen-bond donors (Lipinski definition) is 2. The molecule has 9 heteroatoms. The van der Waals surface area contributed by atoms with Crippen LogP contribution in [0.4, 0.5) is 11.4 Å².